The molecule has 0 saturated carbocycles. The smallest absolute Gasteiger partial charge is 0.248 e. The van der Waals surface area contributed by atoms with Crippen LogP contribution in [0.15, 0.2) is 28.8 Å². The molecule has 0 bridgehead atoms. The average molecular weight is 355 g/mol. The molecule has 26 heavy (non-hydrogen) atoms. The van der Waals surface area contributed by atoms with Crippen molar-refractivity contribution in [3.05, 3.63) is 52.4 Å². The number of aryl methyl sites for hydroxylation is 2. The molecular formula is C20H25N3O3. The molecule has 1 fully saturated rings. The van der Waals surface area contributed by atoms with Gasteiger partial charge in [0.15, 0.2) is 0 Å². The molecular weight excluding hydrogens is 330 g/mol. The van der Waals surface area contributed by atoms with Gasteiger partial charge in [0.05, 0.1) is 5.69 Å². The summed E-state index contributed by atoms with van der Waals surface area (Å²) in [6, 6.07) is 7.45. The summed E-state index contributed by atoms with van der Waals surface area (Å²) < 4.78 is 5.16. The molecule has 6 heteroatoms. The lowest BCUT2D eigenvalue weighted by molar-refractivity contribution is -0.130. The zero-order chi connectivity index (χ0) is 18.7. The first-order valence-corrected chi connectivity index (χ1v) is 9.02. The number of aromatic nitrogens is 1. The lowest BCUT2D eigenvalue weighted by Crippen LogP contribution is -2.29. The third kappa shape index (κ3) is 4.12. The van der Waals surface area contributed by atoms with E-state index in [0.29, 0.717) is 24.3 Å². The lowest BCUT2D eigenvalue weighted by Gasteiger charge is -2.17. The molecule has 1 aliphatic rings. The molecule has 1 atom stereocenters. The van der Waals surface area contributed by atoms with Gasteiger partial charge in [-0.05, 0) is 56.7 Å². The van der Waals surface area contributed by atoms with Gasteiger partial charge < -0.3 is 15.2 Å². The van der Waals surface area contributed by atoms with Crippen LogP contribution in [0.4, 0.5) is 0 Å². The highest BCUT2D eigenvalue weighted by Crippen LogP contribution is 2.23. The van der Waals surface area contributed by atoms with Gasteiger partial charge in [0, 0.05) is 30.6 Å². The van der Waals surface area contributed by atoms with E-state index in [1.165, 1.54) is 0 Å². The molecule has 1 aliphatic heterocycles. The van der Waals surface area contributed by atoms with Crippen molar-refractivity contribution in [2.75, 3.05) is 13.1 Å². The molecule has 2 aromatic rings. The SMILES string of the molecule is Cc1noc(C)c1CCC(=O)N1CC[C@H](Cc2cccc(C(N)=O)c2)C1. The second-order valence-electron chi connectivity index (χ2n) is 7.07. The minimum absolute atomic E-state index is 0.179. The summed E-state index contributed by atoms with van der Waals surface area (Å²) in [5.41, 5.74) is 8.88. The monoisotopic (exact) mass is 355 g/mol. The van der Waals surface area contributed by atoms with E-state index in [-0.39, 0.29) is 5.91 Å². The van der Waals surface area contributed by atoms with E-state index in [2.05, 4.69) is 5.16 Å². The third-order valence-electron chi connectivity index (χ3n) is 5.14. The molecule has 6 nitrogen and oxygen atoms in total. The zero-order valence-electron chi connectivity index (χ0n) is 15.3. The number of hydrogen-bond donors (Lipinski definition) is 1. The fraction of sp³-hybridized carbons (Fsp3) is 0.450. The van der Waals surface area contributed by atoms with Crippen molar-refractivity contribution in [1.29, 1.82) is 0 Å². The number of benzene rings is 1. The highest BCUT2D eigenvalue weighted by Gasteiger charge is 2.26. The number of rotatable bonds is 6. The predicted molar refractivity (Wildman–Crippen MR) is 97.6 cm³/mol. The number of amides is 2. The number of primary amides is 1. The van der Waals surface area contributed by atoms with Crippen LogP contribution in [0.2, 0.25) is 0 Å². The number of carbonyl (C=O) groups excluding carboxylic acids is 2. The van der Waals surface area contributed by atoms with E-state index in [9.17, 15) is 9.59 Å². The molecule has 0 radical (unpaired) electrons. The van der Waals surface area contributed by atoms with Crippen LogP contribution in [0.25, 0.3) is 0 Å². The fourth-order valence-corrected chi connectivity index (χ4v) is 3.66. The van der Waals surface area contributed by atoms with Crippen LogP contribution in [-0.2, 0) is 17.6 Å². The van der Waals surface area contributed by atoms with Crippen LogP contribution in [0.3, 0.4) is 0 Å². The van der Waals surface area contributed by atoms with E-state index in [1.807, 2.05) is 36.9 Å². The Kier molecular flexibility index (Phi) is 5.40. The Morgan fingerprint density at radius 2 is 2.15 bits per heavy atom. The predicted octanol–water partition coefficient (Wildman–Crippen LogP) is 2.41. The Hall–Kier alpha value is -2.63. The van der Waals surface area contributed by atoms with Crippen molar-refractivity contribution >= 4 is 11.8 Å². The van der Waals surface area contributed by atoms with Gasteiger partial charge in [0.1, 0.15) is 5.76 Å². The number of nitrogens with two attached hydrogens (primary N) is 1. The van der Waals surface area contributed by atoms with Crippen molar-refractivity contribution in [3.8, 4) is 0 Å². The summed E-state index contributed by atoms with van der Waals surface area (Å²) in [6.07, 6.45) is 2.99. The number of likely N-dealkylation sites (tertiary alicyclic amines) is 1. The maximum absolute atomic E-state index is 12.5. The Morgan fingerprint density at radius 3 is 2.85 bits per heavy atom. The second kappa shape index (κ2) is 7.72. The summed E-state index contributed by atoms with van der Waals surface area (Å²) in [6.45, 7) is 5.34. The average Bonchev–Trinajstić information content (AvgIpc) is 3.20. The first-order chi connectivity index (χ1) is 12.4. The molecule has 1 aromatic carbocycles. The summed E-state index contributed by atoms with van der Waals surface area (Å²) >= 11 is 0. The van der Waals surface area contributed by atoms with Crippen molar-refractivity contribution in [3.63, 3.8) is 0 Å². The molecule has 2 heterocycles. The molecule has 0 unspecified atom stereocenters. The Labute approximate surface area is 153 Å². The van der Waals surface area contributed by atoms with Crippen LogP contribution in [0, 0.1) is 19.8 Å². The van der Waals surface area contributed by atoms with E-state index in [4.69, 9.17) is 10.3 Å². The maximum atomic E-state index is 12.5. The lowest BCUT2D eigenvalue weighted by atomic mass is 9.97. The van der Waals surface area contributed by atoms with Crippen LogP contribution in [0.1, 0.15) is 45.8 Å². The topological polar surface area (TPSA) is 89.4 Å². The van der Waals surface area contributed by atoms with Crippen LogP contribution in [0.5, 0.6) is 0 Å². The maximum Gasteiger partial charge on any atom is 0.248 e. The van der Waals surface area contributed by atoms with E-state index in [0.717, 1.165) is 48.5 Å². The van der Waals surface area contributed by atoms with Gasteiger partial charge in [-0.2, -0.15) is 0 Å². The number of hydrogen-bond acceptors (Lipinski definition) is 4. The van der Waals surface area contributed by atoms with Gasteiger partial charge in [0.25, 0.3) is 0 Å². The zero-order valence-corrected chi connectivity index (χ0v) is 15.3. The second-order valence-corrected chi connectivity index (χ2v) is 7.07. The molecule has 1 saturated heterocycles. The van der Waals surface area contributed by atoms with Crippen LogP contribution >= 0.6 is 0 Å². The van der Waals surface area contributed by atoms with Gasteiger partial charge in [0.2, 0.25) is 11.8 Å². The van der Waals surface area contributed by atoms with Crippen molar-refractivity contribution in [1.82, 2.24) is 10.1 Å². The Morgan fingerprint density at radius 1 is 1.35 bits per heavy atom. The highest BCUT2D eigenvalue weighted by molar-refractivity contribution is 5.92. The highest BCUT2D eigenvalue weighted by atomic mass is 16.5. The largest absolute Gasteiger partial charge is 0.366 e. The van der Waals surface area contributed by atoms with Crippen molar-refractivity contribution in [2.45, 2.75) is 39.5 Å². The first-order valence-electron chi connectivity index (χ1n) is 9.02. The van der Waals surface area contributed by atoms with Crippen LogP contribution < -0.4 is 5.73 Å². The third-order valence-corrected chi connectivity index (χ3v) is 5.14. The number of nitrogens with zero attached hydrogens (tertiary/aromatic N) is 2. The first kappa shape index (κ1) is 18.2. The Balaban J connectivity index is 1.52. The molecule has 0 aliphatic carbocycles. The fourth-order valence-electron chi connectivity index (χ4n) is 3.66. The van der Waals surface area contributed by atoms with E-state index < -0.39 is 5.91 Å². The van der Waals surface area contributed by atoms with Crippen LogP contribution in [-0.4, -0.2) is 35.0 Å². The van der Waals surface area contributed by atoms with Gasteiger partial charge in [-0.15, -0.1) is 0 Å². The Bertz CT molecular complexity index is 793. The molecule has 2 N–H and O–H groups in total. The quantitative estimate of drug-likeness (QED) is 0.862. The molecule has 3 rings (SSSR count). The summed E-state index contributed by atoms with van der Waals surface area (Å²) in [5.74, 6) is 0.984. The normalized spacial score (nSPS) is 16.8. The van der Waals surface area contributed by atoms with Crippen molar-refractivity contribution < 1.29 is 14.1 Å². The van der Waals surface area contributed by atoms with Gasteiger partial charge in [-0.1, -0.05) is 17.3 Å². The molecule has 1 aromatic heterocycles. The van der Waals surface area contributed by atoms with Crippen molar-refractivity contribution in [2.24, 2.45) is 11.7 Å². The van der Waals surface area contributed by atoms with Gasteiger partial charge in [-0.3, -0.25) is 9.59 Å². The summed E-state index contributed by atoms with van der Waals surface area (Å²) in [7, 11) is 0. The molecule has 138 valence electrons. The summed E-state index contributed by atoms with van der Waals surface area (Å²) in [5, 5.41) is 3.94. The molecule has 2 amide bonds. The van der Waals surface area contributed by atoms with E-state index >= 15 is 0 Å². The van der Waals surface area contributed by atoms with Gasteiger partial charge >= 0.3 is 0 Å². The summed E-state index contributed by atoms with van der Waals surface area (Å²) in [4.78, 5) is 25.8. The van der Waals surface area contributed by atoms with E-state index in [1.54, 1.807) is 6.07 Å². The number of carbonyl (C=O) groups is 2. The van der Waals surface area contributed by atoms with Gasteiger partial charge in [-0.25, -0.2) is 0 Å². The standard InChI is InChI=1S/C20H25N3O3/c1-13-18(14(2)26-22-13)6-7-19(24)23-9-8-16(12-23)10-15-4-3-5-17(11-15)20(21)25/h3-5,11,16H,6-10,12H2,1-2H3,(H2,21,25)/t16-/m1/s1. The minimum atomic E-state index is -0.408. The molecule has 0 spiro atoms. The minimum Gasteiger partial charge on any atom is -0.366 e.